The van der Waals surface area contributed by atoms with Crippen LogP contribution in [0.2, 0.25) is 0 Å². The van der Waals surface area contributed by atoms with Crippen molar-refractivity contribution in [1.29, 1.82) is 0 Å². The quantitative estimate of drug-likeness (QED) is 0.721. The Hall–Kier alpha value is -1.93. The molecule has 0 saturated carbocycles. The predicted molar refractivity (Wildman–Crippen MR) is 106 cm³/mol. The zero-order valence-corrected chi connectivity index (χ0v) is 17.4. The van der Waals surface area contributed by atoms with Crippen molar-refractivity contribution in [1.82, 2.24) is 24.5 Å². The number of rotatable bonds is 6. The third-order valence-electron chi connectivity index (χ3n) is 5.84. The highest BCUT2D eigenvalue weighted by Crippen LogP contribution is 2.19. The van der Waals surface area contributed by atoms with Crippen molar-refractivity contribution < 1.29 is 14.3 Å². The summed E-state index contributed by atoms with van der Waals surface area (Å²) < 4.78 is 7.11. The number of ether oxygens (including phenoxy) is 1. The van der Waals surface area contributed by atoms with E-state index in [-0.39, 0.29) is 17.9 Å². The van der Waals surface area contributed by atoms with Crippen molar-refractivity contribution in [3.63, 3.8) is 0 Å². The topological polar surface area (TPSA) is 70.9 Å². The average Bonchev–Trinajstić information content (AvgIpc) is 3.04. The van der Waals surface area contributed by atoms with Crippen molar-refractivity contribution >= 4 is 11.8 Å². The molecular weight excluding hydrogens is 358 g/mol. The summed E-state index contributed by atoms with van der Waals surface area (Å²) >= 11 is 0. The first kappa shape index (κ1) is 20.8. The lowest BCUT2D eigenvalue weighted by atomic mass is 10.0. The van der Waals surface area contributed by atoms with Gasteiger partial charge in [-0.15, -0.1) is 0 Å². The second-order valence-corrected chi connectivity index (χ2v) is 7.86. The summed E-state index contributed by atoms with van der Waals surface area (Å²) in [7, 11) is 1.84. The molecule has 156 valence electrons. The number of carbonyl (C=O) groups is 2. The number of likely N-dealkylation sites (tertiary alicyclic amines) is 1. The molecule has 0 spiro atoms. The number of amides is 2. The lowest BCUT2D eigenvalue weighted by Crippen LogP contribution is -2.52. The zero-order chi connectivity index (χ0) is 20.1. The molecule has 28 heavy (non-hydrogen) atoms. The van der Waals surface area contributed by atoms with Crippen LogP contribution in [0.5, 0.6) is 0 Å². The van der Waals surface area contributed by atoms with E-state index < -0.39 is 0 Å². The van der Waals surface area contributed by atoms with Gasteiger partial charge in [-0.25, -0.2) is 0 Å². The Morgan fingerprint density at radius 1 is 1.29 bits per heavy atom. The third kappa shape index (κ3) is 5.11. The highest BCUT2D eigenvalue weighted by molar-refractivity contribution is 5.92. The smallest absolute Gasteiger partial charge is 0.274 e. The monoisotopic (exact) mass is 391 g/mol. The molecule has 1 aromatic heterocycles. The van der Waals surface area contributed by atoms with Crippen LogP contribution in [0.3, 0.4) is 0 Å². The fraction of sp³-hybridized carbons (Fsp3) is 0.750. The molecule has 2 amide bonds. The molecule has 3 heterocycles. The second kappa shape index (κ2) is 9.52. The van der Waals surface area contributed by atoms with E-state index in [1.807, 2.05) is 29.8 Å². The molecule has 1 aromatic rings. The van der Waals surface area contributed by atoms with Crippen LogP contribution in [-0.2, 0) is 16.6 Å². The number of aromatic nitrogens is 2. The molecular formula is C20H33N5O3. The predicted octanol–water partition coefficient (Wildman–Crippen LogP) is 0.904. The highest BCUT2D eigenvalue weighted by atomic mass is 16.5. The molecule has 2 aliphatic heterocycles. The maximum atomic E-state index is 12.9. The van der Waals surface area contributed by atoms with Crippen molar-refractivity contribution in [3.8, 4) is 0 Å². The summed E-state index contributed by atoms with van der Waals surface area (Å²) in [5.41, 5.74) is 1.45. The molecule has 2 aliphatic rings. The van der Waals surface area contributed by atoms with Gasteiger partial charge in [0.05, 0.1) is 13.2 Å². The van der Waals surface area contributed by atoms with Crippen LogP contribution in [0.25, 0.3) is 0 Å². The number of hydrogen-bond donors (Lipinski definition) is 0. The Morgan fingerprint density at radius 3 is 2.68 bits per heavy atom. The number of piperidine rings is 1. The maximum absolute atomic E-state index is 12.9. The molecule has 2 fully saturated rings. The van der Waals surface area contributed by atoms with Gasteiger partial charge >= 0.3 is 0 Å². The zero-order valence-electron chi connectivity index (χ0n) is 17.4. The van der Waals surface area contributed by atoms with E-state index in [4.69, 9.17) is 4.74 Å². The van der Waals surface area contributed by atoms with Gasteiger partial charge in [0.15, 0.2) is 5.69 Å². The van der Waals surface area contributed by atoms with Gasteiger partial charge in [-0.3, -0.25) is 19.2 Å². The molecule has 0 radical (unpaired) electrons. The van der Waals surface area contributed by atoms with E-state index in [1.165, 1.54) is 0 Å². The van der Waals surface area contributed by atoms with E-state index in [0.29, 0.717) is 12.2 Å². The van der Waals surface area contributed by atoms with Crippen LogP contribution in [0.15, 0.2) is 6.07 Å². The maximum Gasteiger partial charge on any atom is 0.274 e. The number of carbonyl (C=O) groups excluding carboxylic acids is 2. The van der Waals surface area contributed by atoms with Crippen LogP contribution in [0.4, 0.5) is 0 Å². The van der Waals surface area contributed by atoms with E-state index in [9.17, 15) is 9.59 Å². The minimum atomic E-state index is -0.0368. The van der Waals surface area contributed by atoms with Gasteiger partial charge in [0.2, 0.25) is 5.91 Å². The first-order valence-electron chi connectivity index (χ1n) is 10.3. The van der Waals surface area contributed by atoms with Gasteiger partial charge in [-0.2, -0.15) is 5.10 Å². The summed E-state index contributed by atoms with van der Waals surface area (Å²) in [6.07, 6.45) is 2.81. The second-order valence-electron chi connectivity index (χ2n) is 7.86. The van der Waals surface area contributed by atoms with E-state index in [1.54, 1.807) is 11.6 Å². The molecule has 1 atom stereocenters. The third-order valence-corrected chi connectivity index (χ3v) is 5.84. The Morgan fingerprint density at radius 2 is 2.04 bits per heavy atom. The Kier molecular flexibility index (Phi) is 7.07. The molecule has 0 bridgehead atoms. The van der Waals surface area contributed by atoms with Gasteiger partial charge in [0, 0.05) is 65.0 Å². The summed E-state index contributed by atoms with van der Waals surface area (Å²) in [5, 5.41) is 4.32. The number of morpholine rings is 1. The molecule has 0 aliphatic carbocycles. The SMILES string of the molecule is CC(=O)N(CCCN1CCOCC1)[C@H]1CCCN(C(=O)c2cc(C)n(C)n2)C1. The van der Waals surface area contributed by atoms with E-state index in [0.717, 1.165) is 70.9 Å². The molecule has 8 heteroatoms. The fourth-order valence-electron chi connectivity index (χ4n) is 4.11. The van der Waals surface area contributed by atoms with Crippen LogP contribution >= 0.6 is 0 Å². The van der Waals surface area contributed by atoms with Gasteiger partial charge in [-0.1, -0.05) is 0 Å². The molecule has 2 saturated heterocycles. The normalized spacial score (nSPS) is 21.0. The van der Waals surface area contributed by atoms with Crippen molar-refractivity contribution in [2.45, 2.75) is 39.2 Å². The number of nitrogens with zero attached hydrogens (tertiary/aromatic N) is 5. The Bertz CT molecular complexity index is 664. The van der Waals surface area contributed by atoms with Crippen molar-refractivity contribution in [2.24, 2.45) is 7.05 Å². The Labute approximate surface area is 167 Å². The van der Waals surface area contributed by atoms with Crippen LogP contribution in [-0.4, -0.2) is 94.8 Å². The first-order valence-corrected chi connectivity index (χ1v) is 10.3. The summed E-state index contributed by atoms with van der Waals surface area (Å²) in [5.74, 6) is 0.0557. The fourth-order valence-corrected chi connectivity index (χ4v) is 4.11. The van der Waals surface area contributed by atoms with Crippen molar-refractivity contribution in [2.75, 3.05) is 52.5 Å². The highest BCUT2D eigenvalue weighted by Gasteiger charge is 2.30. The summed E-state index contributed by atoms with van der Waals surface area (Å²) in [4.78, 5) is 31.4. The number of aryl methyl sites for hydroxylation is 2. The van der Waals surface area contributed by atoms with E-state index >= 15 is 0 Å². The molecule has 0 aromatic carbocycles. The average molecular weight is 392 g/mol. The lowest BCUT2D eigenvalue weighted by Gasteiger charge is -2.39. The summed E-state index contributed by atoms with van der Waals surface area (Å²) in [6, 6.07) is 1.92. The van der Waals surface area contributed by atoms with Gasteiger partial charge in [-0.05, 0) is 32.3 Å². The minimum Gasteiger partial charge on any atom is -0.379 e. The van der Waals surface area contributed by atoms with Gasteiger partial charge < -0.3 is 14.5 Å². The molecule has 8 nitrogen and oxygen atoms in total. The standard InChI is InChI=1S/C20H33N5O3/c1-16-14-19(21-22(16)3)20(27)24-8-4-6-18(15-24)25(17(2)26)9-5-7-23-10-12-28-13-11-23/h14,18H,4-13,15H2,1-3H3/t18-/m0/s1. The molecule has 3 rings (SSSR count). The lowest BCUT2D eigenvalue weighted by molar-refractivity contribution is -0.132. The molecule has 0 N–H and O–H groups in total. The first-order chi connectivity index (χ1) is 13.5. The van der Waals surface area contributed by atoms with Gasteiger partial charge in [0.25, 0.3) is 5.91 Å². The minimum absolute atomic E-state index is 0.0368. The van der Waals surface area contributed by atoms with Crippen LogP contribution in [0.1, 0.15) is 42.4 Å². The number of hydrogen-bond acceptors (Lipinski definition) is 5. The largest absolute Gasteiger partial charge is 0.379 e. The van der Waals surface area contributed by atoms with Crippen LogP contribution in [0, 0.1) is 6.92 Å². The van der Waals surface area contributed by atoms with Gasteiger partial charge in [0.1, 0.15) is 0 Å². The van der Waals surface area contributed by atoms with Crippen molar-refractivity contribution in [3.05, 3.63) is 17.5 Å². The van der Waals surface area contributed by atoms with E-state index in [2.05, 4.69) is 10.00 Å². The molecule has 0 unspecified atom stereocenters. The summed E-state index contributed by atoms with van der Waals surface area (Å²) in [6.45, 7) is 10.1. The Balaban J connectivity index is 1.56. The van der Waals surface area contributed by atoms with Crippen LogP contribution < -0.4 is 0 Å².